The van der Waals surface area contributed by atoms with Crippen LogP contribution in [0.1, 0.15) is 24.2 Å². The van der Waals surface area contributed by atoms with E-state index in [1.807, 2.05) is 38.1 Å². The molecule has 2 amide bonds. The van der Waals surface area contributed by atoms with Gasteiger partial charge in [-0.2, -0.15) is 0 Å². The Morgan fingerprint density at radius 1 is 1.20 bits per heavy atom. The number of fused-ring (bicyclic) bond motifs is 1. The number of carbonyl (C=O) groups is 2. The number of amides is 2. The summed E-state index contributed by atoms with van der Waals surface area (Å²) in [6, 6.07) is 8.31. The fourth-order valence-electron chi connectivity index (χ4n) is 2.08. The summed E-state index contributed by atoms with van der Waals surface area (Å²) in [6.07, 6.45) is 1.58. The van der Waals surface area contributed by atoms with Gasteiger partial charge in [0, 0.05) is 11.6 Å². The molecule has 0 radical (unpaired) electrons. The fraction of sp³-hybridized carbons (Fsp3) is 0.267. The van der Waals surface area contributed by atoms with Crippen LogP contribution in [0.3, 0.4) is 0 Å². The lowest BCUT2D eigenvalue weighted by atomic mass is 10.0. The molecule has 1 atom stereocenters. The van der Waals surface area contributed by atoms with Crippen molar-refractivity contribution in [2.45, 2.75) is 19.9 Å². The standard InChI is InChI=1S/C15H17N3O2/c1-9(2)13(14(16)19)18-15(20)11-7-8-17-12-6-4-3-5-10(11)12/h3-9,13H,1-2H3,(H2,16,19)(H,18,20)/t13-/m0/s1. The Labute approximate surface area is 117 Å². The molecule has 2 rings (SSSR count). The number of nitrogens with one attached hydrogen (secondary N) is 1. The molecular formula is C15H17N3O2. The van der Waals surface area contributed by atoms with E-state index in [-0.39, 0.29) is 11.8 Å². The molecule has 0 bridgehead atoms. The molecule has 0 aliphatic carbocycles. The molecule has 0 spiro atoms. The maximum Gasteiger partial charge on any atom is 0.252 e. The van der Waals surface area contributed by atoms with Crippen LogP contribution >= 0.6 is 0 Å². The van der Waals surface area contributed by atoms with Gasteiger partial charge in [-0.15, -0.1) is 0 Å². The van der Waals surface area contributed by atoms with E-state index in [0.717, 1.165) is 10.9 Å². The average molecular weight is 271 g/mol. The van der Waals surface area contributed by atoms with E-state index in [4.69, 9.17) is 5.73 Å². The topological polar surface area (TPSA) is 85.1 Å². The van der Waals surface area contributed by atoms with Crippen molar-refractivity contribution in [1.82, 2.24) is 10.3 Å². The smallest absolute Gasteiger partial charge is 0.252 e. The third-order valence-electron chi connectivity index (χ3n) is 3.15. The molecule has 0 unspecified atom stereocenters. The Morgan fingerprint density at radius 2 is 1.90 bits per heavy atom. The van der Waals surface area contributed by atoms with Crippen LogP contribution in [0, 0.1) is 5.92 Å². The molecule has 5 heteroatoms. The van der Waals surface area contributed by atoms with Crippen LogP contribution in [0.4, 0.5) is 0 Å². The van der Waals surface area contributed by atoms with Gasteiger partial charge in [0.05, 0.1) is 11.1 Å². The molecule has 1 aromatic carbocycles. The number of hydrogen-bond acceptors (Lipinski definition) is 3. The maximum absolute atomic E-state index is 12.3. The number of aromatic nitrogens is 1. The first kappa shape index (κ1) is 14.0. The highest BCUT2D eigenvalue weighted by Crippen LogP contribution is 2.16. The van der Waals surface area contributed by atoms with E-state index in [1.165, 1.54) is 0 Å². The lowest BCUT2D eigenvalue weighted by Gasteiger charge is -2.19. The number of benzene rings is 1. The second kappa shape index (κ2) is 5.69. The molecular weight excluding hydrogens is 254 g/mol. The summed E-state index contributed by atoms with van der Waals surface area (Å²) in [6.45, 7) is 3.67. The minimum Gasteiger partial charge on any atom is -0.368 e. The molecule has 1 heterocycles. The van der Waals surface area contributed by atoms with Crippen LogP contribution in [-0.2, 0) is 4.79 Å². The number of rotatable bonds is 4. The van der Waals surface area contributed by atoms with Crippen LogP contribution < -0.4 is 11.1 Å². The Kier molecular flexibility index (Phi) is 3.98. The third kappa shape index (κ3) is 2.77. The summed E-state index contributed by atoms with van der Waals surface area (Å²) in [7, 11) is 0. The van der Waals surface area contributed by atoms with Crippen molar-refractivity contribution in [1.29, 1.82) is 0 Å². The van der Waals surface area contributed by atoms with Gasteiger partial charge in [0.25, 0.3) is 5.91 Å². The fourth-order valence-corrected chi connectivity index (χ4v) is 2.08. The number of pyridine rings is 1. The van der Waals surface area contributed by atoms with E-state index < -0.39 is 11.9 Å². The summed E-state index contributed by atoms with van der Waals surface area (Å²) in [5, 5.41) is 3.43. The van der Waals surface area contributed by atoms with Crippen LogP contribution in [0.25, 0.3) is 10.9 Å². The number of nitrogens with two attached hydrogens (primary N) is 1. The Balaban J connectivity index is 2.34. The van der Waals surface area contributed by atoms with Gasteiger partial charge in [-0.1, -0.05) is 32.0 Å². The van der Waals surface area contributed by atoms with Gasteiger partial charge in [-0.3, -0.25) is 14.6 Å². The highest BCUT2D eigenvalue weighted by Gasteiger charge is 2.23. The molecule has 1 aromatic heterocycles. The lowest BCUT2D eigenvalue weighted by Crippen LogP contribution is -2.47. The zero-order valence-corrected chi connectivity index (χ0v) is 11.5. The highest BCUT2D eigenvalue weighted by atomic mass is 16.2. The summed E-state index contributed by atoms with van der Waals surface area (Å²) in [5.41, 5.74) is 6.54. The molecule has 2 aromatic rings. The van der Waals surface area contributed by atoms with Crippen molar-refractivity contribution in [2.24, 2.45) is 11.7 Å². The van der Waals surface area contributed by atoms with Gasteiger partial charge in [0.2, 0.25) is 5.91 Å². The molecule has 0 saturated heterocycles. The molecule has 104 valence electrons. The summed E-state index contributed by atoms with van der Waals surface area (Å²) in [5.74, 6) is -0.919. The van der Waals surface area contributed by atoms with Gasteiger partial charge in [0.1, 0.15) is 6.04 Å². The second-order valence-electron chi connectivity index (χ2n) is 4.97. The van der Waals surface area contributed by atoms with Crippen molar-refractivity contribution in [2.75, 3.05) is 0 Å². The first-order chi connectivity index (χ1) is 9.50. The number of carbonyl (C=O) groups excluding carboxylic acids is 2. The van der Waals surface area contributed by atoms with Gasteiger partial charge < -0.3 is 11.1 Å². The molecule has 0 aliphatic rings. The molecule has 3 N–H and O–H groups in total. The van der Waals surface area contributed by atoms with E-state index in [1.54, 1.807) is 12.3 Å². The van der Waals surface area contributed by atoms with E-state index in [0.29, 0.717) is 5.56 Å². The third-order valence-corrected chi connectivity index (χ3v) is 3.15. The van der Waals surface area contributed by atoms with Gasteiger partial charge >= 0.3 is 0 Å². The molecule has 5 nitrogen and oxygen atoms in total. The molecule has 20 heavy (non-hydrogen) atoms. The summed E-state index contributed by atoms with van der Waals surface area (Å²) in [4.78, 5) is 27.9. The normalized spacial score (nSPS) is 12.3. The van der Waals surface area contributed by atoms with Crippen molar-refractivity contribution in [3.63, 3.8) is 0 Å². The number of primary amides is 1. The zero-order valence-electron chi connectivity index (χ0n) is 11.5. The van der Waals surface area contributed by atoms with E-state index >= 15 is 0 Å². The molecule has 0 aliphatic heterocycles. The monoisotopic (exact) mass is 271 g/mol. The minimum absolute atomic E-state index is 0.0652. The summed E-state index contributed by atoms with van der Waals surface area (Å²) >= 11 is 0. The Bertz CT molecular complexity index is 647. The van der Waals surface area contributed by atoms with Crippen molar-refractivity contribution < 1.29 is 9.59 Å². The summed E-state index contributed by atoms with van der Waals surface area (Å²) < 4.78 is 0. The second-order valence-corrected chi connectivity index (χ2v) is 4.97. The number of para-hydroxylation sites is 1. The largest absolute Gasteiger partial charge is 0.368 e. The average Bonchev–Trinajstić information content (AvgIpc) is 2.43. The predicted molar refractivity (Wildman–Crippen MR) is 77.0 cm³/mol. The van der Waals surface area contributed by atoms with E-state index in [2.05, 4.69) is 10.3 Å². The van der Waals surface area contributed by atoms with Crippen LogP contribution in [0.2, 0.25) is 0 Å². The van der Waals surface area contributed by atoms with E-state index in [9.17, 15) is 9.59 Å². The quantitative estimate of drug-likeness (QED) is 0.883. The molecule has 0 saturated carbocycles. The highest BCUT2D eigenvalue weighted by molar-refractivity contribution is 6.07. The molecule has 0 fully saturated rings. The Morgan fingerprint density at radius 3 is 2.55 bits per heavy atom. The number of nitrogens with zero attached hydrogens (tertiary/aromatic N) is 1. The van der Waals surface area contributed by atoms with Gasteiger partial charge in [0.15, 0.2) is 0 Å². The SMILES string of the molecule is CC(C)[C@H](NC(=O)c1ccnc2ccccc12)C(N)=O. The van der Waals surface area contributed by atoms with Crippen LogP contribution in [-0.4, -0.2) is 22.8 Å². The van der Waals surface area contributed by atoms with Gasteiger partial charge in [-0.25, -0.2) is 0 Å². The number of hydrogen-bond donors (Lipinski definition) is 2. The van der Waals surface area contributed by atoms with Gasteiger partial charge in [-0.05, 0) is 18.1 Å². The van der Waals surface area contributed by atoms with Crippen LogP contribution in [0.5, 0.6) is 0 Å². The van der Waals surface area contributed by atoms with Crippen LogP contribution in [0.15, 0.2) is 36.5 Å². The van der Waals surface area contributed by atoms with Crippen molar-refractivity contribution in [3.8, 4) is 0 Å². The zero-order chi connectivity index (χ0) is 14.7. The Hall–Kier alpha value is -2.43. The van der Waals surface area contributed by atoms with Crippen molar-refractivity contribution in [3.05, 3.63) is 42.1 Å². The first-order valence-corrected chi connectivity index (χ1v) is 6.44. The predicted octanol–water partition coefficient (Wildman–Crippen LogP) is 1.47. The maximum atomic E-state index is 12.3. The van der Waals surface area contributed by atoms with Crippen molar-refractivity contribution >= 4 is 22.7 Å². The minimum atomic E-state index is -0.686. The first-order valence-electron chi connectivity index (χ1n) is 6.44. The lowest BCUT2D eigenvalue weighted by molar-refractivity contribution is -0.120.